The first-order chi connectivity index (χ1) is 7.65. The van der Waals surface area contributed by atoms with Gasteiger partial charge in [-0.3, -0.25) is 0 Å². The minimum Gasteiger partial charge on any atom is -0.0614 e. The van der Waals surface area contributed by atoms with Crippen molar-refractivity contribution in [2.45, 2.75) is 20.8 Å². The average Bonchev–Trinajstić information content (AvgIpc) is 2.24. The number of rotatable bonds is 2. The van der Waals surface area contributed by atoms with Crippen molar-refractivity contribution in [3.63, 3.8) is 0 Å². The highest BCUT2D eigenvalue weighted by Gasteiger charge is 2.00. The van der Waals surface area contributed by atoms with E-state index >= 15 is 0 Å². The van der Waals surface area contributed by atoms with Crippen molar-refractivity contribution in [2.75, 3.05) is 0 Å². The van der Waals surface area contributed by atoms with E-state index in [1.165, 1.54) is 27.3 Å². The van der Waals surface area contributed by atoms with Crippen LogP contribution in [-0.4, -0.2) is 0 Å². The Hall–Kier alpha value is -1.13. The molecule has 2 aromatic rings. The van der Waals surface area contributed by atoms with E-state index < -0.39 is 0 Å². The van der Waals surface area contributed by atoms with E-state index in [2.05, 4.69) is 63.2 Å². The zero-order chi connectivity index (χ0) is 11.5. The quantitative estimate of drug-likeness (QED) is 0.692. The molecule has 0 saturated heterocycles. The Morgan fingerprint density at radius 3 is 2.31 bits per heavy atom. The SMILES string of the molecule is Cc1cccc(Pc2cc(C)ccc2C)c1. The van der Waals surface area contributed by atoms with Gasteiger partial charge in [0.2, 0.25) is 0 Å². The largest absolute Gasteiger partial charge is 0.0614 e. The van der Waals surface area contributed by atoms with Crippen LogP contribution >= 0.6 is 8.58 Å². The summed E-state index contributed by atoms with van der Waals surface area (Å²) in [6.07, 6.45) is 0. The second kappa shape index (κ2) is 4.80. The molecule has 0 aliphatic rings. The van der Waals surface area contributed by atoms with Crippen LogP contribution in [0, 0.1) is 20.8 Å². The summed E-state index contributed by atoms with van der Waals surface area (Å²) in [6.45, 7) is 6.50. The zero-order valence-corrected chi connectivity index (χ0v) is 11.0. The molecule has 2 rings (SSSR count). The van der Waals surface area contributed by atoms with E-state index in [9.17, 15) is 0 Å². The normalized spacial score (nSPS) is 11.2. The van der Waals surface area contributed by atoms with Crippen LogP contribution < -0.4 is 10.6 Å². The van der Waals surface area contributed by atoms with Crippen LogP contribution in [0.1, 0.15) is 16.7 Å². The number of hydrogen-bond acceptors (Lipinski definition) is 0. The summed E-state index contributed by atoms with van der Waals surface area (Å²) in [4.78, 5) is 0. The van der Waals surface area contributed by atoms with Gasteiger partial charge in [-0.1, -0.05) is 62.2 Å². The van der Waals surface area contributed by atoms with E-state index in [1.54, 1.807) is 0 Å². The predicted molar refractivity (Wildman–Crippen MR) is 74.7 cm³/mol. The first-order valence-corrected chi connectivity index (χ1v) is 6.56. The second-order valence-corrected chi connectivity index (χ2v) is 5.68. The van der Waals surface area contributed by atoms with E-state index in [1.807, 2.05) is 0 Å². The molecule has 1 atom stereocenters. The van der Waals surface area contributed by atoms with E-state index in [4.69, 9.17) is 0 Å². The van der Waals surface area contributed by atoms with Crippen LogP contribution in [0.2, 0.25) is 0 Å². The molecule has 0 spiro atoms. The molecule has 1 heteroatoms. The topological polar surface area (TPSA) is 0 Å². The molecule has 2 aromatic carbocycles. The van der Waals surface area contributed by atoms with Gasteiger partial charge in [-0.05, 0) is 36.9 Å². The standard InChI is InChI=1S/C15H17P/c1-11-5-4-6-14(9-11)16-15-10-12(2)7-8-13(15)3/h4-10,16H,1-3H3. The summed E-state index contributed by atoms with van der Waals surface area (Å²) in [5, 5.41) is 2.89. The van der Waals surface area contributed by atoms with Gasteiger partial charge in [-0.15, -0.1) is 0 Å². The van der Waals surface area contributed by atoms with Gasteiger partial charge in [0.1, 0.15) is 0 Å². The summed E-state index contributed by atoms with van der Waals surface area (Å²) in [5.74, 6) is 0. The smallest absolute Gasteiger partial charge is 0.0194 e. The minimum atomic E-state index is 0.768. The van der Waals surface area contributed by atoms with Crippen LogP contribution in [0.15, 0.2) is 42.5 Å². The van der Waals surface area contributed by atoms with Crippen LogP contribution in [0.3, 0.4) is 0 Å². The van der Waals surface area contributed by atoms with Gasteiger partial charge in [0, 0.05) is 0 Å². The Balaban J connectivity index is 2.30. The van der Waals surface area contributed by atoms with Gasteiger partial charge < -0.3 is 0 Å². The van der Waals surface area contributed by atoms with Crippen molar-refractivity contribution < 1.29 is 0 Å². The fourth-order valence-corrected chi connectivity index (χ4v) is 3.12. The molecular weight excluding hydrogens is 211 g/mol. The lowest BCUT2D eigenvalue weighted by atomic mass is 10.2. The lowest BCUT2D eigenvalue weighted by molar-refractivity contribution is 1.43. The monoisotopic (exact) mass is 228 g/mol. The van der Waals surface area contributed by atoms with E-state index in [0.717, 1.165) is 8.58 Å². The van der Waals surface area contributed by atoms with Crippen LogP contribution in [-0.2, 0) is 0 Å². The molecule has 16 heavy (non-hydrogen) atoms. The summed E-state index contributed by atoms with van der Waals surface area (Å²) in [6, 6.07) is 15.5. The van der Waals surface area contributed by atoms with Crippen molar-refractivity contribution in [3.8, 4) is 0 Å². The third-order valence-corrected chi connectivity index (χ3v) is 4.10. The van der Waals surface area contributed by atoms with Gasteiger partial charge in [-0.2, -0.15) is 0 Å². The molecule has 82 valence electrons. The Bertz CT molecular complexity index is 501. The van der Waals surface area contributed by atoms with Gasteiger partial charge in [0.05, 0.1) is 0 Å². The minimum absolute atomic E-state index is 0.768. The average molecular weight is 228 g/mol. The van der Waals surface area contributed by atoms with Gasteiger partial charge in [0.15, 0.2) is 0 Å². The van der Waals surface area contributed by atoms with Crippen molar-refractivity contribution in [1.82, 2.24) is 0 Å². The van der Waals surface area contributed by atoms with Gasteiger partial charge in [0.25, 0.3) is 0 Å². The maximum atomic E-state index is 2.30. The maximum absolute atomic E-state index is 2.30. The summed E-state index contributed by atoms with van der Waals surface area (Å²) < 4.78 is 0. The van der Waals surface area contributed by atoms with Crippen LogP contribution in [0.5, 0.6) is 0 Å². The summed E-state index contributed by atoms with van der Waals surface area (Å²) in [7, 11) is 0.768. The van der Waals surface area contributed by atoms with Gasteiger partial charge in [-0.25, -0.2) is 0 Å². The van der Waals surface area contributed by atoms with Crippen molar-refractivity contribution in [1.29, 1.82) is 0 Å². The maximum Gasteiger partial charge on any atom is -0.0194 e. The molecule has 0 fully saturated rings. The van der Waals surface area contributed by atoms with Crippen molar-refractivity contribution in [2.24, 2.45) is 0 Å². The highest BCUT2D eigenvalue weighted by atomic mass is 31.1. The molecule has 0 heterocycles. The molecular formula is C15H17P. The first-order valence-electron chi connectivity index (χ1n) is 5.56. The number of aryl methyl sites for hydroxylation is 3. The molecule has 0 N–H and O–H groups in total. The predicted octanol–water partition coefficient (Wildman–Crippen LogP) is 3.24. The van der Waals surface area contributed by atoms with E-state index in [0.29, 0.717) is 0 Å². The molecule has 0 bridgehead atoms. The molecule has 0 aromatic heterocycles. The molecule has 0 radical (unpaired) electrons. The summed E-state index contributed by atoms with van der Waals surface area (Å²) in [5.41, 5.74) is 4.08. The van der Waals surface area contributed by atoms with Crippen molar-refractivity contribution >= 4 is 19.2 Å². The molecule has 0 aliphatic heterocycles. The molecule has 0 aliphatic carbocycles. The Morgan fingerprint density at radius 1 is 0.812 bits per heavy atom. The highest BCUT2D eigenvalue weighted by Crippen LogP contribution is 2.15. The lowest BCUT2D eigenvalue weighted by Crippen LogP contribution is -2.07. The fraction of sp³-hybridized carbons (Fsp3) is 0.200. The van der Waals surface area contributed by atoms with Crippen molar-refractivity contribution in [3.05, 3.63) is 59.2 Å². The van der Waals surface area contributed by atoms with Gasteiger partial charge >= 0.3 is 0 Å². The second-order valence-electron chi connectivity index (χ2n) is 4.31. The highest BCUT2D eigenvalue weighted by molar-refractivity contribution is 7.55. The van der Waals surface area contributed by atoms with Crippen LogP contribution in [0.4, 0.5) is 0 Å². The Morgan fingerprint density at radius 2 is 1.56 bits per heavy atom. The summed E-state index contributed by atoms with van der Waals surface area (Å²) >= 11 is 0. The van der Waals surface area contributed by atoms with Crippen LogP contribution in [0.25, 0.3) is 0 Å². The molecule has 0 nitrogen and oxygen atoms in total. The molecule has 1 unspecified atom stereocenters. The number of hydrogen-bond donors (Lipinski definition) is 0. The third kappa shape index (κ3) is 2.71. The molecule has 0 saturated carbocycles. The zero-order valence-electron chi connectivity index (χ0n) is 10.0. The number of benzene rings is 2. The Labute approximate surface area is 99.5 Å². The third-order valence-electron chi connectivity index (χ3n) is 2.69. The lowest BCUT2D eigenvalue weighted by Gasteiger charge is -2.08. The first kappa shape index (κ1) is 11.4. The Kier molecular flexibility index (Phi) is 3.41. The fourth-order valence-electron chi connectivity index (χ4n) is 1.75. The van der Waals surface area contributed by atoms with E-state index in [-0.39, 0.29) is 0 Å². The molecule has 0 amide bonds.